The number of hydrogen-bond acceptors (Lipinski definition) is 5. The Morgan fingerprint density at radius 1 is 0.256 bits per heavy atom. The van der Waals surface area contributed by atoms with Gasteiger partial charge in [0.1, 0.15) is 23.3 Å². The molecule has 0 N–H and O–H groups in total. The van der Waals surface area contributed by atoms with Crippen molar-refractivity contribution in [1.29, 1.82) is 5.26 Å². The van der Waals surface area contributed by atoms with E-state index in [0.717, 1.165) is 134 Å². The minimum absolute atomic E-state index is 0.225. The van der Waals surface area contributed by atoms with Crippen molar-refractivity contribution in [3.05, 3.63) is 314 Å². The van der Waals surface area contributed by atoms with Crippen molar-refractivity contribution in [3.8, 4) is 119 Å². The zero-order valence-corrected chi connectivity index (χ0v) is 48.2. The molecule has 10 aromatic carbocycles. The zero-order valence-electron chi connectivity index (χ0n) is 48.2. The van der Waals surface area contributed by atoms with Gasteiger partial charge in [0.05, 0.1) is 84.6 Å². The predicted molar refractivity (Wildman–Crippen MR) is 360 cm³/mol. The summed E-state index contributed by atoms with van der Waals surface area (Å²) in [6.45, 7) is 0. The third-order valence-corrected chi connectivity index (χ3v) is 16.9. The number of nitrogens with zero attached hydrogens (tertiary/aromatic N) is 7. The molecule has 0 amide bonds. The fourth-order valence-electron chi connectivity index (χ4n) is 12.7. The van der Waals surface area contributed by atoms with Gasteiger partial charge in [-0.15, -0.1) is 0 Å². The number of pyridine rings is 4. The fraction of sp³-hybridized carbons (Fsp3) is 0. The van der Waals surface area contributed by atoms with Crippen LogP contribution in [0.25, 0.3) is 156 Å². The summed E-state index contributed by atoms with van der Waals surface area (Å²) < 4.78 is 38.0. The molecule has 0 fully saturated rings. The number of hydrogen-bond donors (Lipinski definition) is 0. The maximum atomic E-state index is 16.9. The molecule has 0 spiro atoms. The number of halogens is 2. The summed E-state index contributed by atoms with van der Waals surface area (Å²) in [4.78, 5) is 20.8. The van der Waals surface area contributed by atoms with Gasteiger partial charge in [0.2, 0.25) is 0 Å². The minimum atomic E-state index is -0.752. The second-order valence-electron chi connectivity index (χ2n) is 22.3. The van der Waals surface area contributed by atoms with E-state index in [1.807, 2.05) is 194 Å². The second kappa shape index (κ2) is 22.2. The minimum Gasteiger partial charge on any atom is -0.308 e. The first-order chi connectivity index (χ1) is 44.4. The first-order valence-electron chi connectivity index (χ1n) is 29.7. The number of benzene rings is 10. The fourth-order valence-corrected chi connectivity index (χ4v) is 12.7. The Kier molecular flexibility index (Phi) is 13.2. The summed E-state index contributed by atoms with van der Waals surface area (Å²) in [6.07, 6.45) is 0. The van der Waals surface area contributed by atoms with Crippen LogP contribution in [0.15, 0.2) is 297 Å². The van der Waals surface area contributed by atoms with E-state index in [4.69, 9.17) is 19.9 Å². The predicted octanol–water partition coefficient (Wildman–Crippen LogP) is 20.6. The van der Waals surface area contributed by atoms with Crippen molar-refractivity contribution in [2.75, 3.05) is 0 Å². The number of aromatic nitrogens is 6. The van der Waals surface area contributed by atoms with E-state index in [0.29, 0.717) is 11.4 Å². The highest BCUT2D eigenvalue weighted by molar-refractivity contribution is 6.13. The molecule has 0 bridgehead atoms. The van der Waals surface area contributed by atoms with Gasteiger partial charge < -0.3 is 9.13 Å². The van der Waals surface area contributed by atoms with Gasteiger partial charge in [0, 0.05) is 66.1 Å². The standard InChI is InChI=1S/C81H49F2N7/c82-65-26-13-27-66(83)81(65)59-48-79(89-75-44-55(71-32-14-28-67(85-71)51-18-5-1-6-19-51)36-40-60(75)61-41-37-56(45-76(61)89)72-33-15-29-68(86-72)52-20-7-2-8-21-52)64(50-84)80(49-59)90-77-46-57(73-34-16-30-69(87-73)53-22-9-3-10-23-53)38-42-62(77)63-43-39-58(47-78(63)90)74-35-17-31-70(88-74)54-24-11-4-12-25-54/h1-49H. The Bertz CT molecular complexity index is 4910. The Morgan fingerprint density at radius 2 is 0.511 bits per heavy atom. The van der Waals surface area contributed by atoms with Crippen LogP contribution in [0.1, 0.15) is 5.56 Å². The summed E-state index contributed by atoms with van der Waals surface area (Å²) in [5.74, 6) is -1.50. The quantitative estimate of drug-likeness (QED) is 0.129. The van der Waals surface area contributed by atoms with Gasteiger partial charge in [0.15, 0.2) is 0 Å². The largest absolute Gasteiger partial charge is 0.308 e. The van der Waals surface area contributed by atoms with Gasteiger partial charge in [-0.05, 0) is 103 Å². The molecule has 0 atom stereocenters. The highest BCUT2D eigenvalue weighted by Gasteiger charge is 2.26. The van der Waals surface area contributed by atoms with Gasteiger partial charge >= 0.3 is 0 Å². The van der Waals surface area contributed by atoms with E-state index in [1.165, 1.54) is 18.2 Å². The molecule has 16 aromatic rings. The van der Waals surface area contributed by atoms with Crippen molar-refractivity contribution in [2.45, 2.75) is 0 Å². The van der Waals surface area contributed by atoms with E-state index >= 15 is 8.78 Å². The summed E-state index contributed by atoms with van der Waals surface area (Å²) in [5, 5.41) is 15.8. The van der Waals surface area contributed by atoms with Crippen LogP contribution in [-0.4, -0.2) is 29.1 Å². The smallest absolute Gasteiger partial charge is 0.133 e. The zero-order chi connectivity index (χ0) is 60.2. The van der Waals surface area contributed by atoms with Crippen LogP contribution in [0.3, 0.4) is 0 Å². The first-order valence-corrected chi connectivity index (χ1v) is 29.7. The average Bonchev–Trinajstić information content (AvgIpc) is 1.58. The molecule has 0 saturated carbocycles. The number of nitriles is 1. The first kappa shape index (κ1) is 53.2. The van der Waals surface area contributed by atoms with Gasteiger partial charge in [0.25, 0.3) is 0 Å². The molecule has 0 aliphatic carbocycles. The van der Waals surface area contributed by atoms with Crippen molar-refractivity contribution < 1.29 is 8.78 Å². The van der Waals surface area contributed by atoms with Crippen molar-refractivity contribution in [3.63, 3.8) is 0 Å². The Morgan fingerprint density at radius 3 is 0.778 bits per heavy atom. The highest BCUT2D eigenvalue weighted by atomic mass is 19.1. The maximum absolute atomic E-state index is 16.9. The van der Waals surface area contributed by atoms with Crippen molar-refractivity contribution >= 4 is 43.6 Å². The molecule has 0 radical (unpaired) electrons. The number of fused-ring (bicyclic) bond motifs is 6. The van der Waals surface area contributed by atoms with Crippen LogP contribution in [0.2, 0.25) is 0 Å². The van der Waals surface area contributed by atoms with Crippen LogP contribution in [0, 0.1) is 23.0 Å². The van der Waals surface area contributed by atoms with Crippen LogP contribution in [0.4, 0.5) is 8.78 Å². The monoisotopic (exact) mass is 1160 g/mol. The average molecular weight is 1160 g/mol. The molecule has 0 aliphatic rings. The number of rotatable bonds is 11. The van der Waals surface area contributed by atoms with Crippen LogP contribution >= 0.6 is 0 Å². The van der Waals surface area contributed by atoms with Gasteiger partial charge in [-0.1, -0.05) is 200 Å². The van der Waals surface area contributed by atoms with Crippen LogP contribution < -0.4 is 0 Å². The molecule has 0 saturated heterocycles. The topological polar surface area (TPSA) is 85.2 Å². The third kappa shape index (κ3) is 9.44. The highest BCUT2D eigenvalue weighted by Crippen LogP contribution is 2.44. The summed E-state index contributed by atoms with van der Waals surface area (Å²) >= 11 is 0. The Hall–Kier alpha value is -12.3. The molecule has 16 rings (SSSR count). The lowest BCUT2D eigenvalue weighted by atomic mass is 9.98. The normalized spacial score (nSPS) is 11.4. The SMILES string of the molecule is N#Cc1c(-n2c3cc(-c4cccc(-c5ccccc5)n4)ccc3c3ccc(-c4cccc(-c5ccccc5)n4)cc32)cc(-c2c(F)cccc2F)cc1-n1c2cc(-c3cccc(-c4ccccc4)n3)ccc2c2ccc(-c3cccc(-c4ccccc4)n3)cc21. The molecule has 6 heterocycles. The Labute approximate surface area is 517 Å². The Balaban J connectivity index is 1.00. The molecule has 0 aliphatic heterocycles. The lowest BCUT2D eigenvalue weighted by molar-refractivity contribution is 0.589. The maximum Gasteiger partial charge on any atom is 0.133 e. The van der Waals surface area contributed by atoms with E-state index < -0.39 is 11.6 Å². The molecule has 90 heavy (non-hydrogen) atoms. The lowest BCUT2D eigenvalue weighted by Crippen LogP contribution is -2.06. The van der Waals surface area contributed by atoms with E-state index in [1.54, 1.807) is 12.1 Å². The van der Waals surface area contributed by atoms with Gasteiger partial charge in [-0.25, -0.2) is 28.7 Å². The van der Waals surface area contributed by atoms with Crippen LogP contribution in [-0.2, 0) is 0 Å². The van der Waals surface area contributed by atoms with Gasteiger partial charge in [-0.2, -0.15) is 5.26 Å². The second-order valence-corrected chi connectivity index (χ2v) is 22.3. The lowest BCUT2D eigenvalue weighted by Gasteiger charge is -2.19. The summed E-state index contributed by atoms with van der Waals surface area (Å²) in [5.41, 5.74) is 17.5. The van der Waals surface area contributed by atoms with Crippen LogP contribution in [0.5, 0.6) is 0 Å². The molecular weight excluding hydrogens is 1110 g/mol. The molecule has 6 aromatic heterocycles. The van der Waals surface area contributed by atoms with E-state index in [-0.39, 0.29) is 16.7 Å². The molecular formula is C81H49F2N7. The molecule has 9 heteroatoms. The third-order valence-electron chi connectivity index (χ3n) is 16.9. The molecule has 422 valence electrons. The van der Waals surface area contributed by atoms with Crippen molar-refractivity contribution in [2.24, 2.45) is 0 Å². The van der Waals surface area contributed by atoms with Crippen molar-refractivity contribution in [1.82, 2.24) is 29.1 Å². The molecule has 7 nitrogen and oxygen atoms in total. The molecule has 0 unspecified atom stereocenters. The summed E-state index contributed by atoms with van der Waals surface area (Å²) in [6, 6.07) is 99.5. The van der Waals surface area contributed by atoms with E-state index in [9.17, 15) is 5.26 Å². The van der Waals surface area contributed by atoms with Gasteiger partial charge in [-0.3, -0.25) is 0 Å². The van der Waals surface area contributed by atoms with E-state index in [2.05, 4.69) is 88.0 Å². The summed E-state index contributed by atoms with van der Waals surface area (Å²) in [7, 11) is 0.